The third kappa shape index (κ3) is 5.30. The van der Waals surface area contributed by atoms with E-state index in [0.29, 0.717) is 5.69 Å². The number of amides is 2. The number of carbonyl (C=O) groups excluding carboxylic acids is 1. The lowest BCUT2D eigenvalue weighted by Gasteiger charge is -2.19. The second-order valence-corrected chi connectivity index (χ2v) is 5.92. The predicted octanol–water partition coefficient (Wildman–Crippen LogP) is 2.97. The van der Waals surface area contributed by atoms with E-state index in [4.69, 9.17) is 5.11 Å². The van der Waals surface area contributed by atoms with Crippen molar-refractivity contribution in [1.82, 2.24) is 5.32 Å². The number of carbonyl (C=O) groups is 2. The number of carboxylic acid groups (broad SMARTS) is 1. The highest BCUT2D eigenvalue weighted by atomic mass is 16.4. The van der Waals surface area contributed by atoms with Gasteiger partial charge in [-0.15, -0.1) is 0 Å². The van der Waals surface area contributed by atoms with E-state index in [1.54, 1.807) is 6.92 Å². The number of nitrogens with one attached hydrogen (secondary N) is 2. The minimum absolute atomic E-state index is 0.0663. The lowest BCUT2D eigenvalue weighted by molar-refractivity contribution is -0.137. The standard InChI is InChI=1S/C15H22N2O3/c1-10(9-13(18)19)16-14(20)17-12-7-5-11(6-8-12)15(2,3)4/h5-8,10H,9H2,1-4H3,(H,18,19)(H2,16,17,20). The van der Waals surface area contributed by atoms with Gasteiger partial charge in [-0.25, -0.2) is 4.79 Å². The highest BCUT2D eigenvalue weighted by Gasteiger charge is 2.14. The molecule has 1 aromatic carbocycles. The van der Waals surface area contributed by atoms with Crippen molar-refractivity contribution >= 4 is 17.7 Å². The van der Waals surface area contributed by atoms with Gasteiger partial charge in [0, 0.05) is 11.7 Å². The molecule has 5 nitrogen and oxygen atoms in total. The monoisotopic (exact) mass is 278 g/mol. The fourth-order valence-corrected chi connectivity index (χ4v) is 1.76. The van der Waals surface area contributed by atoms with E-state index in [0.717, 1.165) is 0 Å². The van der Waals surface area contributed by atoms with Crippen molar-refractivity contribution in [2.24, 2.45) is 0 Å². The summed E-state index contributed by atoms with van der Waals surface area (Å²) in [6, 6.07) is 6.79. The Hall–Kier alpha value is -2.04. The molecule has 0 aliphatic heterocycles. The number of hydrogen-bond donors (Lipinski definition) is 3. The summed E-state index contributed by atoms with van der Waals surface area (Å²) in [6.45, 7) is 8.01. The minimum atomic E-state index is -0.938. The number of anilines is 1. The van der Waals surface area contributed by atoms with Gasteiger partial charge in [0.2, 0.25) is 0 Å². The summed E-state index contributed by atoms with van der Waals surface area (Å²) in [5.41, 5.74) is 1.93. The fraction of sp³-hybridized carbons (Fsp3) is 0.467. The van der Waals surface area contributed by atoms with E-state index < -0.39 is 18.0 Å². The summed E-state index contributed by atoms with van der Waals surface area (Å²) in [7, 11) is 0. The molecular weight excluding hydrogens is 256 g/mol. The van der Waals surface area contributed by atoms with Gasteiger partial charge in [-0.2, -0.15) is 0 Å². The van der Waals surface area contributed by atoms with Crippen LogP contribution in [0.25, 0.3) is 0 Å². The van der Waals surface area contributed by atoms with E-state index >= 15 is 0 Å². The molecule has 110 valence electrons. The molecule has 1 atom stereocenters. The van der Waals surface area contributed by atoms with Crippen molar-refractivity contribution in [2.75, 3.05) is 5.32 Å². The number of hydrogen-bond acceptors (Lipinski definition) is 2. The first-order valence-corrected chi connectivity index (χ1v) is 6.58. The molecule has 3 N–H and O–H groups in total. The summed E-state index contributed by atoms with van der Waals surface area (Å²) in [5, 5.41) is 13.9. The maximum atomic E-state index is 11.7. The molecule has 0 saturated carbocycles. The molecule has 0 aliphatic rings. The first-order chi connectivity index (χ1) is 9.18. The maximum Gasteiger partial charge on any atom is 0.319 e. The SMILES string of the molecule is CC(CC(=O)O)NC(=O)Nc1ccc(C(C)(C)C)cc1. The number of urea groups is 1. The summed E-state index contributed by atoms with van der Waals surface area (Å²) >= 11 is 0. The second kappa shape index (κ2) is 6.41. The number of aliphatic carboxylic acids is 1. The van der Waals surface area contributed by atoms with E-state index in [1.807, 2.05) is 24.3 Å². The molecule has 0 spiro atoms. The van der Waals surface area contributed by atoms with Gasteiger partial charge >= 0.3 is 12.0 Å². The zero-order chi connectivity index (χ0) is 15.3. The molecule has 5 heteroatoms. The quantitative estimate of drug-likeness (QED) is 0.792. The largest absolute Gasteiger partial charge is 0.481 e. The fourth-order valence-electron chi connectivity index (χ4n) is 1.76. The Balaban J connectivity index is 2.56. The molecule has 0 fully saturated rings. The van der Waals surface area contributed by atoms with Gasteiger partial charge in [0.25, 0.3) is 0 Å². The lowest BCUT2D eigenvalue weighted by Crippen LogP contribution is -2.37. The zero-order valence-electron chi connectivity index (χ0n) is 12.4. The van der Waals surface area contributed by atoms with Gasteiger partial charge in [0.15, 0.2) is 0 Å². The van der Waals surface area contributed by atoms with Crippen LogP contribution in [0.15, 0.2) is 24.3 Å². The van der Waals surface area contributed by atoms with Gasteiger partial charge < -0.3 is 15.7 Å². The van der Waals surface area contributed by atoms with Crippen LogP contribution in [0.4, 0.5) is 10.5 Å². The van der Waals surface area contributed by atoms with Crippen molar-refractivity contribution in [2.45, 2.75) is 45.6 Å². The molecular formula is C15H22N2O3. The summed E-state index contributed by atoms with van der Waals surface area (Å²) in [5.74, 6) is -0.938. The second-order valence-electron chi connectivity index (χ2n) is 5.92. The Morgan fingerprint density at radius 3 is 2.20 bits per heavy atom. The Morgan fingerprint density at radius 1 is 1.20 bits per heavy atom. The normalized spacial score (nSPS) is 12.6. The maximum absolute atomic E-state index is 11.7. The smallest absolute Gasteiger partial charge is 0.319 e. The molecule has 0 aliphatic carbocycles. The summed E-state index contributed by atoms with van der Waals surface area (Å²) < 4.78 is 0. The predicted molar refractivity (Wildman–Crippen MR) is 79.0 cm³/mol. The van der Waals surface area contributed by atoms with Crippen LogP contribution < -0.4 is 10.6 Å². The Labute approximate surface area is 119 Å². The van der Waals surface area contributed by atoms with Gasteiger partial charge in [-0.3, -0.25) is 4.79 Å². The van der Waals surface area contributed by atoms with Gasteiger partial charge in [0.1, 0.15) is 0 Å². The van der Waals surface area contributed by atoms with E-state index in [2.05, 4.69) is 31.4 Å². The molecule has 1 rings (SSSR count). The van der Waals surface area contributed by atoms with Gasteiger partial charge in [-0.05, 0) is 30.0 Å². The molecule has 20 heavy (non-hydrogen) atoms. The van der Waals surface area contributed by atoms with Crippen molar-refractivity contribution in [3.8, 4) is 0 Å². The number of benzene rings is 1. The third-order valence-electron chi connectivity index (χ3n) is 2.87. The van der Waals surface area contributed by atoms with Crippen LogP contribution in [0.1, 0.15) is 39.7 Å². The van der Waals surface area contributed by atoms with Crippen molar-refractivity contribution < 1.29 is 14.7 Å². The zero-order valence-corrected chi connectivity index (χ0v) is 12.4. The minimum Gasteiger partial charge on any atom is -0.481 e. The topological polar surface area (TPSA) is 78.4 Å². The van der Waals surface area contributed by atoms with Crippen molar-refractivity contribution in [3.05, 3.63) is 29.8 Å². The molecule has 0 aromatic heterocycles. The summed E-state index contributed by atoms with van der Waals surface area (Å²) in [4.78, 5) is 22.2. The Kier molecular flexibility index (Phi) is 5.13. The van der Waals surface area contributed by atoms with Crippen LogP contribution in [-0.2, 0) is 10.2 Å². The van der Waals surface area contributed by atoms with Gasteiger partial charge in [-0.1, -0.05) is 32.9 Å². The van der Waals surface area contributed by atoms with Crippen LogP contribution in [0.5, 0.6) is 0 Å². The average molecular weight is 278 g/mol. The Bertz CT molecular complexity index is 475. The Morgan fingerprint density at radius 2 is 1.75 bits per heavy atom. The van der Waals surface area contributed by atoms with Crippen LogP contribution in [0.3, 0.4) is 0 Å². The van der Waals surface area contributed by atoms with E-state index in [1.165, 1.54) is 5.56 Å². The highest BCUT2D eigenvalue weighted by Crippen LogP contribution is 2.23. The first-order valence-electron chi connectivity index (χ1n) is 6.58. The van der Waals surface area contributed by atoms with Crippen LogP contribution in [-0.4, -0.2) is 23.1 Å². The molecule has 2 amide bonds. The third-order valence-corrected chi connectivity index (χ3v) is 2.87. The van der Waals surface area contributed by atoms with Crippen molar-refractivity contribution in [1.29, 1.82) is 0 Å². The molecule has 0 saturated heterocycles. The molecule has 0 radical (unpaired) electrons. The van der Waals surface area contributed by atoms with Gasteiger partial charge in [0.05, 0.1) is 6.42 Å². The molecule has 0 heterocycles. The molecule has 0 bridgehead atoms. The summed E-state index contributed by atoms with van der Waals surface area (Å²) in [6.07, 6.45) is -0.101. The van der Waals surface area contributed by atoms with Crippen molar-refractivity contribution in [3.63, 3.8) is 0 Å². The van der Waals surface area contributed by atoms with E-state index in [-0.39, 0.29) is 11.8 Å². The molecule has 1 unspecified atom stereocenters. The lowest BCUT2D eigenvalue weighted by atomic mass is 9.87. The van der Waals surface area contributed by atoms with Crippen LogP contribution in [0, 0.1) is 0 Å². The highest BCUT2D eigenvalue weighted by molar-refractivity contribution is 5.89. The van der Waals surface area contributed by atoms with Crippen LogP contribution in [0.2, 0.25) is 0 Å². The number of rotatable bonds is 4. The molecule has 1 aromatic rings. The number of carboxylic acids is 1. The first kappa shape index (κ1) is 16.0. The van der Waals surface area contributed by atoms with Crippen LogP contribution >= 0.6 is 0 Å². The van der Waals surface area contributed by atoms with E-state index in [9.17, 15) is 9.59 Å². The average Bonchev–Trinajstić information content (AvgIpc) is 2.26.